The molecule has 0 aromatic carbocycles. The summed E-state index contributed by atoms with van der Waals surface area (Å²) in [6.07, 6.45) is 0. The second-order valence-corrected chi connectivity index (χ2v) is 3.27. The monoisotopic (exact) mass is 170 g/mol. The van der Waals surface area contributed by atoms with Gasteiger partial charge in [0.1, 0.15) is 5.78 Å². The van der Waals surface area contributed by atoms with Crippen molar-refractivity contribution in [3.8, 4) is 0 Å². The first-order chi connectivity index (χ1) is 5.59. The molecule has 0 aromatic rings. The summed E-state index contributed by atoms with van der Waals surface area (Å²) in [6, 6.07) is 0. The highest BCUT2D eigenvalue weighted by Gasteiger charge is 2.55. The summed E-state index contributed by atoms with van der Waals surface area (Å²) in [4.78, 5) is 22.1. The Morgan fingerprint density at radius 2 is 1.92 bits per heavy atom. The van der Waals surface area contributed by atoms with E-state index in [2.05, 4.69) is 0 Å². The summed E-state index contributed by atoms with van der Waals surface area (Å²) in [6.45, 7) is 5.61. The standard InChI is InChI=1S/C9H14O3/c1-4-12-9(11)8-5(2)7(8)6(3)10/h5,7-8H,4H2,1-3H3/t5-,7-,8+/m1/s1. The average molecular weight is 170 g/mol. The first-order valence-corrected chi connectivity index (χ1v) is 4.26. The van der Waals surface area contributed by atoms with Crippen LogP contribution in [0.5, 0.6) is 0 Å². The number of ether oxygens (including phenoxy) is 1. The lowest BCUT2D eigenvalue weighted by Gasteiger charge is -1.98. The zero-order valence-electron chi connectivity index (χ0n) is 7.66. The second kappa shape index (κ2) is 3.25. The maximum Gasteiger partial charge on any atom is 0.309 e. The minimum Gasteiger partial charge on any atom is -0.466 e. The van der Waals surface area contributed by atoms with Crippen LogP contribution in [0.2, 0.25) is 0 Å². The number of carbonyl (C=O) groups is 2. The van der Waals surface area contributed by atoms with E-state index in [9.17, 15) is 9.59 Å². The molecule has 1 aliphatic rings. The lowest BCUT2D eigenvalue weighted by Crippen LogP contribution is -2.10. The van der Waals surface area contributed by atoms with Crippen LogP contribution in [0.4, 0.5) is 0 Å². The van der Waals surface area contributed by atoms with Crippen LogP contribution in [-0.2, 0) is 14.3 Å². The lowest BCUT2D eigenvalue weighted by atomic mass is 10.2. The molecule has 3 atom stereocenters. The summed E-state index contributed by atoms with van der Waals surface area (Å²) < 4.78 is 4.83. The van der Waals surface area contributed by atoms with Crippen molar-refractivity contribution in [1.29, 1.82) is 0 Å². The maximum atomic E-state index is 11.2. The van der Waals surface area contributed by atoms with Gasteiger partial charge in [-0.25, -0.2) is 0 Å². The molecular formula is C9H14O3. The van der Waals surface area contributed by atoms with Crippen LogP contribution in [0.3, 0.4) is 0 Å². The molecule has 0 heterocycles. The van der Waals surface area contributed by atoms with Gasteiger partial charge < -0.3 is 4.74 Å². The minimum absolute atomic E-state index is 0.0796. The summed E-state index contributed by atoms with van der Waals surface area (Å²) in [5.74, 6) is -0.182. The van der Waals surface area contributed by atoms with Gasteiger partial charge in [-0.3, -0.25) is 9.59 Å². The molecule has 12 heavy (non-hydrogen) atoms. The Hall–Kier alpha value is -0.860. The van der Waals surface area contributed by atoms with Crippen molar-refractivity contribution in [1.82, 2.24) is 0 Å². The van der Waals surface area contributed by atoms with Gasteiger partial charge in [-0.2, -0.15) is 0 Å². The van der Waals surface area contributed by atoms with Crippen LogP contribution in [0.15, 0.2) is 0 Å². The predicted octanol–water partition coefficient (Wildman–Crippen LogP) is 1.02. The summed E-state index contributed by atoms with van der Waals surface area (Å²) in [5.41, 5.74) is 0. The van der Waals surface area contributed by atoms with Crippen LogP contribution in [-0.4, -0.2) is 18.4 Å². The van der Waals surface area contributed by atoms with Crippen molar-refractivity contribution in [2.24, 2.45) is 17.8 Å². The summed E-state index contributed by atoms with van der Waals surface area (Å²) in [5, 5.41) is 0. The first kappa shape index (κ1) is 9.23. The van der Waals surface area contributed by atoms with Crippen molar-refractivity contribution < 1.29 is 14.3 Å². The van der Waals surface area contributed by atoms with E-state index in [-0.39, 0.29) is 29.5 Å². The smallest absolute Gasteiger partial charge is 0.309 e. The topological polar surface area (TPSA) is 43.4 Å². The summed E-state index contributed by atoms with van der Waals surface area (Å²) in [7, 11) is 0. The van der Waals surface area contributed by atoms with Crippen LogP contribution >= 0.6 is 0 Å². The first-order valence-electron chi connectivity index (χ1n) is 4.26. The van der Waals surface area contributed by atoms with Crippen molar-refractivity contribution in [2.45, 2.75) is 20.8 Å². The molecule has 1 aliphatic carbocycles. The normalized spacial score (nSPS) is 32.8. The van der Waals surface area contributed by atoms with E-state index in [0.717, 1.165) is 0 Å². The lowest BCUT2D eigenvalue weighted by molar-refractivity contribution is -0.146. The number of hydrogen-bond donors (Lipinski definition) is 0. The third kappa shape index (κ3) is 1.49. The van der Waals surface area contributed by atoms with E-state index < -0.39 is 0 Å². The molecule has 0 N–H and O–H groups in total. The van der Waals surface area contributed by atoms with Crippen molar-refractivity contribution in [2.75, 3.05) is 6.61 Å². The molecule has 1 fully saturated rings. The third-order valence-corrected chi connectivity index (χ3v) is 2.41. The molecular weight excluding hydrogens is 156 g/mol. The fourth-order valence-corrected chi connectivity index (χ4v) is 1.69. The molecule has 1 rings (SSSR count). The number of Topliss-reactive ketones (excluding diaryl/α,β-unsaturated/α-hetero) is 1. The Morgan fingerprint density at radius 3 is 2.25 bits per heavy atom. The minimum atomic E-state index is -0.217. The van der Waals surface area contributed by atoms with Gasteiger partial charge in [0.25, 0.3) is 0 Å². The van der Waals surface area contributed by atoms with E-state index in [0.29, 0.717) is 6.61 Å². The molecule has 0 bridgehead atoms. The predicted molar refractivity (Wildman–Crippen MR) is 43.5 cm³/mol. The van der Waals surface area contributed by atoms with Crippen LogP contribution in [0, 0.1) is 17.8 Å². The number of hydrogen-bond acceptors (Lipinski definition) is 3. The number of esters is 1. The van der Waals surface area contributed by atoms with E-state index in [1.165, 1.54) is 6.92 Å². The highest BCUT2D eigenvalue weighted by molar-refractivity contribution is 5.90. The molecule has 0 aromatic heterocycles. The van der Waals surface area contributed by atoms with Crippen LogP contribution in [0.1, 0.15) is 20.8 Å². The quantitative estimate of drug-likeness (QED) is 0.594. The second-order valence-electron chi connectivity index (χ2n) is 3.27. The number of ketones is 1. The largest absolute Gasteiger partial charge is 0.466 e. The van der Waals surface area contributed by atoms with Gasteiger partial charge in [0.05, 0.1) is 12.5 Å². The average Bonchev–Trinajstić information content (AvgIpc) is 2.62. The van der Waals surface area contributed by atoms with E-state index in [1.54, 1.807) is 6.92 Å². The highest BCUT2D eigenvalue weighted by Crippen LogP contribution is 2.47. The highest BCUT2D eigenvalue weighted by atomic mass is 16.5. The molecule has 3 nitrogen and oxygen atoms in total. The Balaban J connectivity index is 2.47. The molecule has 0 amide bonds. The zero-order valence-corrected chi connectivity index (χ0v) is 7.66. The SMILES string of the molecule is CCOC(=O)[C@H]1[C@H](C)[C@@H]1C(C)=O. The van der Waals surface area contributed by atoms with Gasteiger partial charge in [-0.1, -0.05) is 6.92 Å². The van der Waals surface area contributed by atoms with Gasteiger partial charge in [0, 0.05) is 5.92 Å². The van der Waals surface area contributed by atoms with Crippen LogP contribution < -0.4 is 0 Å². The molecule has 3 heteroatoms. The molecule has 1 saturated carbocycles. The van der Waals surface area contributed by atoms with E-state index in [1.807, 2.05) is 6.92 Å². The number of carbonyl (C=O) groups excluding carboxylic acids is 2. The van der Waals surface area contributed by atoms with Crippen molar-refractivity contribution in [3.63, 3.8) is 0 Å². The van der Waals surface area contributed by atoms with Crippen LogP contribution in [0.25, 0.3) is 0 Å². The van der Waals surface area contributed by atoms with E-state index >= 15 is 0 Å². The van der Waals surface area contributed by atoms with Gasteiger partial charge in [-0.15, -0.1) is 0 Å². The van der Waals surface area contributed by atoms with Gasteiger partial charge >= 0.3 is 5.97 Å². The molecule has 68 valence electrons. The Kier molecular flexibility index (Phi) is 2.50. The number of rotatable bonds is 3. The molecule has 0 radical (unpaired) electrons. The zero-order chi connectivity index (χ0) is 9.30. The van der Waals surface area contributed by atoms with E-state index in [4.69, 9.17) is 4.74 Å². The Labute approximate surface area is 72.1 Å². The third-order valence-electron chi connectivity index (χ3n) is 2.41. The molecule has 0 unspecified atom stereocenters. The van der Waals surface area contributed by atoms with Crippen molar-refractivity contribution >= 4 is 11.8 Å². The summed E-state index contributed by atoms with van der Waals surface area (Å²) >= 11 is 0. The van der Waals surface area contributed by atoms with Gasteiger partial charge in [-0.05, 0) is 19.8 Å². The van der Waals surface area contributed by atoms with Gasteiger partial charge in [0.15, 0.2) is 0 Å². The van der Waals surface area contributed by atoms with Gasteiger partial charge in [0.2, 0.25) is 0 Å². The molecule has 0 spiro atoms. The maximum absolute atomic E-state index is 11.2. The van der Waals surface area contributed by atoms with Crippen molar-refractivity contribution in [3.05, 3.63) is 0 Å². The Morgan fingerprint density at radius 1 is 1.33 bits per heavy atom. The fourth-order valence-electron chi connectivity index (χ4n) is 1.69. The fraction of sp³-hybridized carbons (Fsp3) is 0.778. The molecule has 0 aliphatic heterocycles. The molecule has 0 saturated heterocycles. The Bertz CT molecular complexity index is 210.